The van der Waals surface area contributed by atoms with Gasteiger partial charge in [-0.25, -0.2) is 4.79 Å². The van der Waals surface area contributed by atoms with E-state index in [-0.39, 0.29) is 18.4 Å². The molecule has 0 fully saturated rings. The molecule has 4 rings (SSSR count). The molecule has 0 aliphatic heterocycles. The summed E-state index contributed by atoms with van der Waals surface area (Å²) in [5.74, 6) is -0.459. The molecule has 0 aliphatic carbocycles. The van der Waals surface area contributed by atoms with E-state index in [0.29, 0.717) is 23.2 Å². The van der Waals surface area contributed by atoms with Crippen molar-refractivity contribution in [1.29, 1.82) is 0 Å². The van der Waals surface area contributed by atoms with Crippen molar-refractivity contribution in [2.45, 2.75) is 19.4 Å². The number of esters is 1. The van der Waals surface area contributed by atoms with Gasteiger partial charge in [0.25, 0.3) is 0 Å². The predicted molar refractivity (Wildman–Crippen MR) is 145 cm³/mol. The SMILES string of the molecule is CCOC(=O)C(Cc1ccc(-c2cccc(NC)c2)cc1)Nc1ccccc1C(=O)c1ccccc1. The first-order valence-electron chi connectivity index (χ1n) is 12.1. The highest BCUT2D eigenvalue weighted by Gasteiger charge is 2.23. The van der Waals surface area contributed by atoms with Gasteiger partial charge in [0.2, 0.25) is 0 Å². The van der Waals surface area contributed by atoms with Gasteiger partial charge in [0.1, 0.15) is 6.04 Å². The average Bonchev–Trinajstić information content (AvgIpc) is 2.93. The molecule has 182 valence electrons. The van der Waals surface area contributed by atoms with Crippen molar-refractivity contribution < 1.29 is 14.3 Å². The maximum absolute atomic E-state index is 13.2. The standard InChI is InChI=1S/C31H30N2O3/c1-3-36-31(35)29(20-22-16-18-23(19-17-22)25-12-9-13-26(21-25)32-2)33-28-15-8-7-14-27(28)30(34)24-10-5-4-6-11-24/h4-19,21,29,32-33H,3,20H2,1-2H3. The number of carbonyl (C=O) groups is 2. The van der Waals surface area contributed by atoms with Crippen molar-refractivity contribution >= 4 is 23.1 Å². The number of carbonyl (C=O) groups excluding carboxylic acids is 2. The summed E-state index contributed by atoms with van der Waals surface area (Å²) in [6.07, 6.45) is 0.420. The van der Waals surface area contributed by atoms with E-state index in [1.165, 1.54) is 0 Å². The molecule has 0 amide bonds. The number of para-hydroxylation sites is 1. The molecule has 0 saturated carbocycles. The second-order valence-electron chi connectivity index (χ2n) is 8.42. The monoisotopic (exact) mass is 478 g/mol. The highest BCUT2D eigenvalue weighted by Crippen LogP contribution is 2.25. The summed E-state index contributed by atoms with van der Waals surface area (Å²) in [5.41, 5.74) is 5.95. The van der Waals surface area contributed by atoms with Gasteiger partial charge in [0, 0.05) is 36.0 Å². The minimum atomic E-state index is -0.645. The Labute approximate surface area is 212 Å². The first-order valence-corrected chi connectivity index (χ1v) is 12.1. The van der Waals surface area contributed by atoms with E-state index in [4.69, 9.17) is 4.74 Å². The van der Waals surface area contributed by atoms with Crippen molar-refractivity contribution in [3.05, 3.63) is 120 Å². The molecule has 1 atom stereocenters. The van der Waals surface area contributed by atoms with Crippen LogP contribution in [0.4, 0.5) is 11.4 Å². The smallest absolute Gasteiger partial charge is 0.328 e. The fourth-order valence-electron chi connectivity index (χ4n) is 4.10. The second-order valence-corrected chi connectivity index (χ2v) is 8.42. The van der Waals surface area contributed by atoms with Crippen molar-refractivity contribution in [3.63, 3.8) is 0 Å². The van der Waals surface area contributed by atoms with Gasteiger partial charge in [-0.2, -0.15) is 0 Å². The summed E-state index contributed by atoms with van der Waals surface area (Å²) in [4.78, 5) is 26.0. The summed E-state index contributed by atoms with van der Waals surface area (Å²) in [7, 11) is 1.90. The maximum atomic E-state index is 13.2. The molecule has 0 radical (unpaired) electrons. The summed E-state index contributed by atoms with van der Waals surface area (Å²) in [6, 6.07) is 32.1. The number of hydrogen-bond acceptors (Lipinski definition) is 5. The van der Waals surface area contributed by atoms with E-state index in [1.54, 1.807) is 25.1 Å². The minimum absolute atomic E-state index is 0.102. The molecule has 0 heterocycles. The third-order valence-electron chi connectivity index (χ3n) is 5.99. The number of rotatable bonds is 10. The Hall–Kier alpha value is -4.38. The number of benzene rings is 4. The Morgan fingerprint density at radius 1 is 0.806 bits per heavy atom. The average molecular weight is 479 g/mol. The van der Waals surface area contributed by atoms with Gasteiger partial charge in [0.15, 0.2) is 5.78 Å². The van der Waals surface area contributed by atoms with Crippen LogP contribution in [0.3, 0.4) is 0 Å². The van der Waals surface area contributed by atoms with Gasteiger partial charge in [-0.1, -0.05) is 78.9 Å². The molecule has 4 aromatic rings. The number of ketones is 1. The van der Waals surface area contributed by atoms with E-state index in [2.05, 4.69) is 34.9 Å². The number of hydrogen-bond donors (Lipinski definition) is 2. The van der Waals surface area contributed by atoms with Crippen molar-refractivity contribution in [3.8, 4) is 11.1 Å². The van der Waals surface area contributed by atoms with Gasteiger partial charge < -0.3 is 15.4 Å². The van der Waals surface area contributed by atoms with E-state index in [0.717, 1.165) is 22.4 Å². The molecule has 0 aromatic heterocycles. The van der Waals surface area contributed by atoms with E-state index >= 15 is 0 Å². The maximum Gasteiger partial charge on any atom is 0.328 e. The lowest BCUT2D eigenvalue weighted by atomic mass is 9.98. The normalized spacial score (nSPS) is 11.4. The molecule has 1 unspecified atom stereocenters. The lowest BCUT2D eigenvalue weighted by Crippen LogP contribution is -2.34. The zero-order valence-electron chi connectivity index (χ0n) is 20.5. The van der Waals surface area contributed by atoms with Crippen molar-refractivity contribution in [2.24, 2.45) is 0 Å². The second kappa shape index (κ2) is 11.8. The quantitative estimate of drug-likeness (QED) is 0.209. The first kappa shape index (κ1) is 24.7. The highest BCUT2D eigenvalue weighted by molar-refractivity contribution is 6.12. The number of nitrogens with one attached hydrogen (secondary N) is 2. The molecule has 5 nitrogen and oxygen atoms in total. The van der Waals surface area contributed by atoms with E-state index < -0.39 is 6.04 Å². The third kappa shape index (κ3) is 5.99. The predicted octanol–water partition coefficient (Wildman–Crippen LogP) is 6.21. The number of ether oxygens (including phenoxy) is 1. The molecule has 36 heavy (non-hydrogen) atoms. The van der Waals surface area contributed by atoms with Gasteiger partial charge in [-0.15, -0.1) is 0 Å². The Morgan fingerprint density at radius 2 is 1.53 bits per heavy atom. The Kier molecular flexibility index (Phi) is 8.14. The Balaban J connectivity index is 1.57. The minimum Gasteiger partial charge on any atom is -0.464 e. The zero-order valence-corrected chi connectivity index (χ0v) is 20.5. The highest BCUT2D eigenvalue weighted by atomic mass is 16.5. The molecular weight excluding hydrogens is 448 g/mol. The van der Waals surface area contributed by atoms with Crippen molar-refractivity contribution in [2.75, 3.05) is 24.3 Å². The Bertz CT molecular complexity index is 1320. The lowest BCUT2D eigenvalue weighted by molar-refractivity contribution is -0.144. The molecule has 0 aliphatic rings. The fraction of sp³-hybridized carbons (Fsp3) is 0.161. The van der Waals surface area contributed by atoms with Crippen LogP contribution in [-0.2, 0) is 16.0 Å². The number of anilines is 2. The first-order chi connectivity index (χ1) is 17.6. The van der Waals surface area contributed by atoms with Gasteiger partial charge >= 0.3 is 5.97 Å². The summed E-state index contributed by atoms with van der Waals surface area (Å²) in [5, 5.41) is 6.45. The molecular formula is C31H30N2O3. The summed E-state index contributed by atoms with van der Waals surface area (Å²) in [6.45, 7) is 2.07. The molecule has 0 spiro atoms. The zero-order chi connectivity index (χ0) is 25.3. The van der Waals surface area contributed by atoms with Crippen LogP contribution in [0.2, 0.25) is 0 Å². The van der Waals surface area contributed by atoms with Crippen LogP contribution in [-0.4, -0.2) is 31.4 Å². The Morgan fingerprint density at radius 3 is 2.25 bits per heavy atom. The van der Waals surface area contributed by atoms with Crippen molar-refractivity contribution in [1.82, 2.24) is 0 Å². The van der Waals surface area contributed by atoms with Gasteiger partial charge in [0.05, 0.1) is 6.61 Å². The van der Waals surface area contributed by atoms with Gasteiger partial charge in [-0.05, 0) is 47.9 Å². The summed E-state index contributed by atoms with van der Waals surface area (Å²) >= 11 is 0. The molecule has 4 aromatic carbocycles. The fourth-order valence-corrected chi connectivity index (χ4v) is 4.10. The van der Waals surface area contributed by atoms with Crippen LogP contribution in [0.5, 0.6) is 0 Å². The summed E-state index contributed by atoms with van der Waals surface area (Å²) < 4.78 is 5.36. The molecule has 0 saturated heterocycles. The van der Waals surface area contributed by atoms with Crippen LogP contribution in [0.25, 0.3) is 11.1 Å². The third-order valence-corrected chi connectivity index (χ3v) is 5.99. The van der Waals surface area contributed by atoms with Crippen LogP contribution < -0.4 is 10.6 Å². The molecule has 5 heteroatoms. The van der Waals surface area contributed by atoms with Crippen LogP contribution in [0.1, 0.15) is 28.4 Å². The lowest BCUT2D eigenvalue weighted by Gasteiger charge is -2.20. The van der Waals surface area contributed by atoms with Crippen LogP contribution in [0, 0.1) is 0 Å². The van der Waals surface area contributed by atoms with E-state index in [9.17, 15) is 9.59 Å². The molecule has 0 bridgehead atoms. The van der Waals surface area contributed by atoms with E-state index in [1.807, 2.05) is 67.7 Å². The largest absolute Gasteiger partial charge is 0.464 e. The topological polar surface area (TPSA) is 67.4 Å². The van der Waals surface area contributed by atoms with Gasteiger partial charge in [-0.3, -0.25) is 4.79 Å². The van der Waals surface area contributed by atoms with Crippen LogP contribution >= 0.6 is 0 Å². The molecule has 2 N–H and O–H groups in total. The van der Waals surface area contributed by atoms with Crippen LogP contribution in [0.15, 0.2) is 103 Å².